The van der Waals surface area contributed by atoms with Crippen LogP contribution in [0, 0.1) is 5.92 Å². The van der Waals surface area contributed by atoms with Gasteiger partial charge in [-0.25, -0.2) is 4.99 Å². The first kappa shape index (κ1) is 30.3. The summed E-state index contributed by atoms with van der Waals surface area (Å²) < 4.78 is 3.85. The SMILES string of the molecule is C=C/C=C\C(=C/C)C1N=C(/C(N)=C/C=C\Cn2c3ccccc3c3ccc4c5c(sc4c32)C2=C(CCC=C2)C5(C)C)N=C2C=CC=CC21. The van der Waals surface area contributed by atoms with Crippen LogP contribution in [0.4, 0.5) is 0 Å². The van der Waals surface area contributed by atoms with Crippen LogP contribution < -0.4 is 5.73 Å². The lowest BCUT2D eigenvalue weighted by atomic mass is 9.78. The van der Waals surface area contributed by atoms with Crippen LogP contribution in [0.3, 0.4) is 0 Å². The number of hydrogen-bond acceptors (Lipinski definition) is 4. The number of aromatic nitrogens is 1. The fraction of sp³-hybridized carbons (Fsp3) is 0.209. The first-order valence-corrected chi connectivity index (χ1v) is 17.7. The second-order valence-electron chi connectivity index (χ2n) is 13.4. The maximum atomic E-state index is 6.67. The van der Waals surface area contributed by atoms with E-state index in [1.165, 1.54) is 47.9 Å². The summed E-state index contributed by atoms with van der Waals surface area (Å²) in [7, 11) is 0. The number of nitrogens with two attached hydrogens (primary N) is 1. The summed E-state index contributed by atoms with van der Waals surface area (Å²) in [5, 5.41) is 3.99. The number of allylic oxidation sites excluding steroid dienone is 13. The fourth-order valence-corrected chi connectivity index (χ4v) is 9.60. The lowest BCUT2D eigenvalue weighted by molar-refractivity contribution is 0.613. The van der Waals surface area contributed by atoms with Crippen LogP contribution in [0.1, 0.15) is 44.1 Å². The van der Waals surface area contributed by atoms with Gasteiger partial charge >= 0.3 is 0 Å². The summed E-state index contributed by atoms with van der Waals surface area (Å²) in [5.74, 6) is 0.651. The van der Waals surface area contributed by atoms with Gasteiger partial charge < -0.3 is 10.3 Å². The summed E-state index contributed by atoms with van der Waals surface area (Å²) in [4.78, 5) is 11.4. The van der Waals surface area contributed by atoms with Crippen LogP contribution in [0.25, 0.3) is 37.5 Å². The van der Waals surface area contributed by atoms with Gasteiger partial charge in [0, 0.05) is 39.0 Å². The molecule has 0 saturated heterocycles. The van der Waals surface area contributed by atoms with Crippen molar-refractivity contribution in [2.45, 2.75) is 51.6 Å². The summed E-state index contributed by atoms with van der Waals surface area (Å²) in [5.41, 5.74) is 16.5. The maximum Gasteiger partial charge on any atom is 0.171 e. The molecule has 8 rings (SSSR count). The number of para-hydroxylation sites is 1. The number of benzene rings is 2. The molecule has 0 amide bonds. The molecule has 3 heterocycles. The molecule has 5 heteroatoms. The highest BCUT2D eigenvalue weighted by Crippen LogP contribution is 2.56. The van der Waals surface area contributed by atoms with Gasteiger partial charge in [-0.1, -0.05) is 123 Å². The molecule has 0 fully saturated rings. The molecule has 3 aliphatic carbocycles. The highest BCUT2D eigenvalue weighted by atomic mass is 32.1. The van der Waals surface area contributed by atoms with Crippen LogP contribution in [-0.4, -0.2) is 22.2 Å². The van der Waals surface area contributed by atoms with Crippen LogP contribution in [0.5, 0.6) is 0 Å². The average molecular weight is 645 g/mol. The van der Waals surface area contributed by atoms with E-state index in [-0.39, 0.29) is 17.4 Å². The van der Waals surface area contributed by atoms with Crippen LogP contribution in [0.15, 0.2) is 149 Å². The molecule has 2 unspecified atom stereocenters. The van der Waals surface area contributed by atoms with Gasteiger partial charge in [0.25, 0.3) is 0 Å². The Bertz CT molecular complexity index is 2330. The Morgan fingerprint density at radius 3 is 2.79 bits per heavy atom. The smallest absolute Gasteiger partial charge is 0.171 e. The van der Waals surface area contributed by atoms with E-state index in [0.29, 0.717) is 11.5 Å². The molecule has 4 nitrogen and oxygen atoms in total. The second kappa shape index (κ2) is 11.9. The van der Waals surface area contributed by atoms with Gasteiger partial charge in [0.2, 0.25) is 0 Å². The van der Waals surface area contributed by atoms with Gasteiger partial charge in [-0.3, -0.25) is 4.99 Å². The van der Waals surface area contributed by atoms with Gasteiger partial charge in [0.1, 0.15) is 0 Å². The van der Waals surface area contributed by atoms with Gasteiger partial charge in [-0.2, -0.15) is 0 Å². The zero-order valence-electron chi connectivity index (χ0n) is 27.8. The summed E-state index contributed by atoms with van der Waals surface area (Å²) in [6.45, 7) is 11.4. The second-order valence-corrected chi connectivity index (χ2v) is 14.4. The van der Waals surface area contributed by atoms with Crippen molar-refractivity contribution in [1.82, 2.24) is 4.57 Å². The molecule has 48 heavy (non-hydrogen) atoms. The Hall–Kier alpha value is -5.00. The van der Waals surface area contributed by atoms with E-state index >= 15 is 0 Å². The Morgan fingerprint density at radius 1 is 1.08 bits per heavy atom. The van der Waals surface area contributed by atoms with E-state index in [1.54, 1.807) is 11.6 Å². The number of fused-ring (bicyclic) bond motifs is 9. The zero-order chi connectivity index (χ0) is 33.0. The minimum atomic E-state index is -0.0980. The minimum absolute atomic E-state index is 0.0456. The van der Waals surface area contributed by atoms with Crippen molar-refractivity contribution in [3.8, 4) is 0 Å². The van der Waals surface area contributed by atoms with E-state index in [0.717, 1.165) is 30.7 Å². The number of aliphatic imine (C=N–C) groups is 2. The molecule has 4 aliphatic rings. The normalized spacial score (nSPS) is 21.9. The first-order chi connectivity index (χ1) is 23.4. The van der Waals surface area contributed by atoms with Gasteiger partial charge in [-0.05, 0) is 60.1 Å². The lowest BCUT2D eigenvalue weighted by Gasteiger charge is -2.28. The Morgan fingerprint density at radius 2 is 1.94 bits per heavy atom. The third-order valence-electron chi connectivity index (χ3n) is 10.3. The predicted molar refractivity (Wildman–Crippen MR) is 208 cm³/mol. The van der Waals surface area contributed by atoms with Crippen molar-refractivity contribution in [2.75, 3.05) is 0 Å². The monoisotopic (exact) mass is 644 g/mol. The molecular formula is C43H40N4S. The predicted octanol–water partition coefficient (Wildman–Crippen LogP) is 10.5. The molecule has 0 spiro atoms. The van der Waals surface area contributed by atoms with Crippen LogP contribution >= 0.6 is 11.3 Å². The standard InChI is InChI=1S/C43H40N4S/c1-5-7-16-27(6-2)38-31-19-9-12-22-35(31)45-42(46-38)34(44)21-14-15-26-47-36-23-13-10-17-28(36)29-24-25-32-37-40(48-41(32)39(29)47)30-18-8-11-20-33(30)43(37,3)4/h5-10,12-19,21-25,31,38H,1,11,20,26,44H2,2-4H3/b15-14-,16-7-,27-6+,34-21-. The van der Waals surface area contributed by atoms with E-state index in [1.807, 2.05) is 42.6 Å². The van der Waals surface area contributed by atoms with Gasteiger partial charge in [-0.15, -0.1) is 11.3 Å². The Labute approximate surface area is 286 Å². The van der Waals surface area contributed by atoms with Crippen LogP contribution in [0.2, 0.25) is 0 Å². The molecule has 0 radical (unpaired) electrons. The number of thiophene rings is 1. The minimum Gasteiger partial charge on any atom is -0.396 e. The third kappa shape index (κ3) is 4.71. The fourth-order valence-electron chi connectivity index (χ4n) is 8.03. The number of hydrogen-bond donors (Lipinski definition) is 1. The number of rotatable bonds is 7. The number of nitrogens with zero attached hydrogens (tertiary/aromatic N) is 3. The molecule has 238 valence electrons. The molecule has 2 atom stereocenters. The topological polar surface area (TPSA) is 55.7 Å². The molecule has 0 saturated carbocycles. The largest absolute Gasteiger partial charge is 0.396 e. The van der Waals surface area contributed by atoms with E-state index < -0.39 is 0 Å². The maximum absolute atomic E-state index is 6.67. The summed E-state index contributed by atoms with van der Waals surface area (Å²) in [6.07, 6.45) is 29.4. The Balaban J connectivity index is 1.17. The highest BCUT2D eigenvalue weighted by molar-refractivity contribution is 7.21. The average Bonchev–Trinajstić information content (AvgIpc) is 3.73. The molecular weight excluding hydrogens is 605 g/mol. The van der Waals surface area contributed by atoms with Crippen molar-refractivity contribution >= 4 is 60.3 Å². The van der Waals surface area contributed by atoms with Crippen molar-refractivity contribution < 1.29 is 0 Å². The Kier molecular flexibility index (Phi) is 7.53. The number of amidine groups is 1. The van der Waals surface area contributed by atoms with E-state index in [4.69, 9.17) is 15.7 Å². The molecule has 2 aromatic carbocycles. The van der Waals surface area contributed by atoms with Crippen LogP contribution in [-0.2, 0) is 12.0 Å². The molecule has 0 bridgehead atoms. The van der Waals surface area contributed by atoms with E-state index in [2.05, 4.69) is 110 Å². The van der Waals surface area contributed by atoms with Crippen molar-refractivity contribution in [3.05, 3.63) is 149 Å². The summed E-state index contributed by atoms with van der Waals surface area (Å²) in [6, 6.07) is 13.4. The van der Waals surface area contributed by atoms with Gasteiger partial charge in [0.15, 0.2) is 5.84 Å². The molecule has 2 aromatic heterocycles. The molecule has 4 aromatic rings. The first-order valence-electron chi connectivity index (χ1n) is 16.9. The van der Waals surface area contributed by atoms with Gasteiger partial charge in [0.05, 0.1) is 27.7 Å². The van der Waals surface area contributed by atoms with Crippen molar-refractivity contribution in [1.29, 1.82) is 0 Å². The quantitative estimate of drug-likeness (QED) is 0.200. The lowest BCUT2D eigenvalue weighted by Crippen LogP contribution is -2.33. The molecule has 2 N–H and O–H groups in total. The third-order valence-corrected chi connectivity index (χ3v) is 11.6. The van der Waals surface area contributed by atoms with Crippen molar-refractivity contribution in [2.24, 2.45) is 21.6 Å². The van der Waals surface area contributed by atoms with E-state index in [9.17, 15) is 0 Å². The molecule has 1 aliphatic heterocycles. The van der Waals surface area contributed by atoms with Crippen molar-refractivity contribution in [3.63, 3.8) is 0 Å². The highest BCUT2D eigenvalue weighted by Gasteiger charge is 2.40. The zero-order valence-corrected chi connectivity index (χ0v) is 28.6. The summed E-state index contributed by atoms with van der Waals surface area (Å²) >= 11 is 1.97.